The van der Waals surface area contributed by atoms with Crippen molar-refractivity contribution in [3.8, 4) is 0 Å². The highest BCUT2D eigenvalue weighted by molar-refractivity contribution is 5.56. The summed E-state index contributed by atoms with van der Waals surface area (Å²) in [5, 5.41) is 0.511. The van der Waals surface area contributed by atoms with Crippen molar-refractivity contribution in [2.45, 2.75) is 6.92 Å². The molecule has 0 spiro atoms. The lowest BCUT2D eigenvalue weighted by Gasteiger charge is -1.89. The van der Waals surface area contributed by atoms with E-state index in [1.54, 1.807) is 25.2 Å². The quantitative estimate of drug-likeness (QED) is 0.812. The molecule has 2 aromatic rings. The van der Waals surface area contributed by atoms with Gasteiger partial charge < -0.3 is 9.97 Å². The molecule has 19 heavy (non-hydrogen) atoms. The first-order valence-corrected chi connectivity index (χ1v) is 5.93. The van der Waals surface area contributed by atoms with Gasteiger partial charge in [0.1, 0.15) is 10.7 Å². The molecule has 1 aromatic heterocycles. The molecule has 4 heteroatoms. The van der Waals surface area contributed by atoms with E-state index in [2.05, 4.69) is 9.97 Å². The summed E-state index contributed by atoms with van der Waals surface area (Å²) in [6.07, 6.45) is 6.72. The van der Waals surface area contributed by atoms with E-state index in [4.69, 9.17) is 0 Å². The van der Waals surface area contributed by atoms with Gasteiger partial charge in [0.2, 0.25) is 0 Å². The summed E-state index contributed by atoms with van der Waals surface area (Å²) < 4.78 is 0. The van der Waals surface area contributed by atoms with Crippen LogP contribution < -0.4 is 21.8 Å². The van der Waals surface area contributed by atoms with Gasteiger partial charge in [-0.05, 0) is 18.6 Å². The Hall–Kier alpha value is -2.62. The third-order valence-electron chi connectivity index (χ3n) is 2.63. The second-order valence-corrected chi connectivity index (χ2v) is 3.96. The molecule has 0 atom stereocenters. The number of rotatable bonds is 2. The topological polar surface area (TPSA) is 65.7 Å². The Kier molecular flexibility index (Phi) is 3.93. The maximum Gasteiger partial charge on any atom is 0.272 e. The minimum atomic E-state index is -0.314. The summed E-state index contributed by atoms with van der Waals surface area (Å²) in [4.78, 5) is 28.3. The number of benzene rings is 1. The van der Waals surface area contributed by atoms with Crippen molar-refractivity contribution in [1.29, 1.82) is 0 Å². The van der Waals surface area contributed by atoms with Crippen LogP contribution in [0, 0.1) is 0 Å². The Balaban J connectivity index is 2.41. The zero-order valence-corrected chi connectivity index (χ0v) is 10.5. The van der Waals surface area contributed by atoms with Crippen molar-refractivity contribution in [2.75, 3.05) is 0 Å². The van der Waals surface area contributed by atoms with E-state index in [0.717, 1.165) is 5.56 Å². The fourth-order valence-electron chi connectivity index (χ4n) is 1.63. The van der Waals surface area contributed by atoms with Gasteiger partial charge in [-0.2, -0.15) is 0 Å². The lowest BCUT2D eigenvalue weighted by Crippen LogP contribution is -2.46. The molecule has 96 valence electrons. The van der Waals surface area contributed by atoms with Crippen LogP contribution in [0.4, 0.5) is 0 Å². The Morgan fingerprint density at radius 3 is 2.26 bits per heavy atom. The Labute approximate surface area is 109 Å². The molecule has 0 radical (unpaired) electrons. The van der Waals surface area contributed by atoms with Crippen LogP contribution in [-0.4, -0.2) is 9.97 Å². The number of hydrogen-bond donors (Lipinski definition) is 2. The van der Waals surface area contributed by atoms with Crippen molar-refractivity contribution in [3.05, 3.63) is 73.4 Å². The van der Waals surface area contributed by atoms with E-state index in [-0.39, 0.29) is 21.8 Å². The summed E-state index contributed by atoms with van der Waals surface area (Å²) in [6.45, 7) is 1.69. The lowest BCUT2D eigenvalue weighted by atomic mass is 10.2. The predicted octanol–water partition coefficient (Wildman–Crippen LogP) is 0.357. The zero-order valence-electron chi connectivity index (χ0n) is 10.5. The van der Waals surface area contributed by atoms with Crippen LogP contribution in [0.15, 0.2) is 46.0 Å². The standard InChI is InChI=1S/C15H14N2O2/c1-2-12-14(18)17-13(15(19)16-12)10-6-9-11-7-4-3-5-8-11/h2-10H,1H3,(H,16,19)(H,17,18)/b9-6?,12-2+,13-10+. The normalized spacial score (nSPS) is 13.3. The largest absolute Gasteiger partial charge is 0.316 e. The van der Waals surface area contributed by atoms with Gasteiger partial charge in [-0.25, -0.2) is 0 Å². The maximum atomic E-state index is 11.7. The van der Waals surface area contributed by atoms with E-state index in [9.17, 15) is 9.59 Å². The van der Waals surface area contributed by atoms with Crippen molar-refractivity contribution in [3.63, 3.8) is 0 Å². The first kappa shape index (κ1) is 12.8. The van der Waals surface area contributed by atoms with Gasteiger partial charge in [0, 0.05) is 0 Å². The molecule has 0 aliphatic carbocycles. The monoisotopic (exact) mass is 254 g/mol. The van der Waals surface area contributed by atoms with Crippen LogP contribution in [0.25, 0.3) is 18.2 Å². The Morgan fingerprint density at radius 1 is 0.947 bits per heavy atom. The van der Waals surface area contributed by atoms with E-state index >= 15 is 0 Å². The molecule has 0 saturated heterocycles. The molecule has 0 aliphatic heterocycles. The molecule has 0 amide bonds. The summed E-state index contributed by atoms with van der Waals surface area (Å²) in [6, 6.07) is 9.70. The average Bonchev–Trinajstić information content (AvgIpc) is 2.43. The van der Waals surface area contributed by atoms with Crippen LogP contribution in [-0.2, 0) is 0 Å². The van der Waals surface area contributed by atoms with Gasteiger partial charge in [-0.15, -0.1) is 0 Å². The highest BCUT2D eigenvalue weighted by Gasteiger charge is 1.92. The highest BCUT2D eigenvalue weighted by Crippen LogP contribution is 2.00. The number of aromatic amines is 2. The number of nitrogens with one attached hydrogen (secondary N) is 2. The Morgan fingerprint density at radius 2 is 1.58 bits per heavy atom. The van der Waals surface area contributed by atoms with Gasteiger partial charge in [-0.1, -0.05) is 48.6 Å². The molecule has 2 rings (SSSR count). The number of aromatic nitrogens is 2. The van der Waals surface area contributed by atoms with Crippen LogP contribution in [0.1, 0.15) is 12.5 Å². The SMILES string of the molecule is C/C=c1/[nH]c(=O)/c(=C\C=Cc2ccccc2)[nH]c1=O. The summed E-state index contributed by atoms with van der Waals surface area (Å²) in [5.74, 6) is 0. The molecule has 0 bridgehead atoms. The molecule has 1 heterocycles. The molecule has 0 aliphatic rings. The first-order valence-electron chi connectivity index (χ1n) is 5.93. The second-order valence-electron chi connectivity index (χ2n) is 3.96. The molecular formula is C15H14N2O2. The van der Waals surface area contributed by atoms with Crippen molar-refractivity contribution < 1.29 is 0 Å². The van der Waals surface area contributed by atoms with Gasteiger partial charge in [-0.3, -0.25) is 9.59 Å². The molecule has 0 fully saturated rings. The van der Waals surface area contributed by atoms with Gasteiger partial charge >= 0.3 is 0 Å². The fraction of sp³-hybridized carbons (Fsp3) is 0.0667. The van der Waals surface area contributed by atoms with Crippen LogP contribution >= 0.6 is 0 Å². The molecule has 4 nitrogen and oxygen atoms in total. The minimum Gasteiger partial charge on any atom is -0.316 e. The smallest absolute Gasteiger partial charge is 0.272 e. The molecule has 0 saturated carbocycles. The van der Waals surface area contributed by atoms with E-state index in [1.807, 2.05) is 36.4 Å². The number of allylic oxidation sites excluding steroid dienone is 1. The van der Waals surface area contributed by atoms with Crippen LogP contribution in [0.5, 0.6) is 0 Å². The molecule has 2 N–H and O–H groups in total. The van der Waals surface area contributed by atoms with Crippen LogP contribution in [0.2, 0.25) is 0 Å². The van der Waals surface area contributed by atoms with Crippen molar-refractivity contribution in [1.82, 2.24) is 9.97 Å². The maximum absolute atomic E-state index is 11.7. The van der Waals surface area contributed by atoms with E-state index in [1.165, 1.54) is 0 Å². The summed E-state index contributed by atoms with van der Waals surface area (Å²) in [7, 11) is 0. The first-order chi connectivity index (χ1) is 9.20. The second kappa shape index (κ2) is 5.82. The average molecular weight is 254 g/mol. The third kappa shape index (κ3) is 3.19. The van der Waals surface area contributed by atoms with E-state index in [0.29, 0.717) is 0 Å². The van der Waals surface area contributed by atoms with Crippen molar-refractivity contribution >= 4 is 18.2 Å². The van der Waals surface area contributed by atoms with Crippen molar-refractivity contribution in [2.24, 2.45) is 0 Å². The predicted molar refractivity (Wildman–Crippen MR) is 77.0 cm³/mol. The minimum absolute atomic E-state index is 0.239. The summed E-state index contributed by atoms with van der Waals surface area (Å²) >= 11 is 0. The Bertz CT molecular complexity index is 812. The number of H-pyrrole nitrogens is 2. The molecule has 0 unspecified atom stereocenters. The van der Waals surface area contributed by atoms with E-state index < -0.39 is 0 Å². The van der Waals surface area contributed by atoms with Crippen LogP contribution in [0.3, 0.4) is 0 Å². The van der Waals surface area contributed by atoms with Gasteiger partial charge in [0.15, 0.2) is 0 Å². The number of hydrogen-bond acceptors (Lipinski definition) is 2. The van der Waals surface area contributed by atoms with Gasteiger partial charge in [0.05, 0.1) is 0 Å². The lowest BCUT2D eigenvalue weighted by molar-refractivity contribution is 1.00. The molecule has 1 aromatic carbocycles. The van der Waals surface area contributed by atoms with Gasteiger partial charge in [0.25, 0.3) is 11.1 Å². The highest BCUT2D eigenvalue weighted by atomic mass is 16.1. The molecular weight excluding hydrogens is 240 g/mol. The zero-order chi connectivity index (χ0) is 13.7. The third-order valence-corrected chi connectivity index (χ3v) is 2.63. The fourth-order valence-corrected chi connectivity index (χ4v) is 1.63. The summed E-state index contributed by atoms with van der Waals surface area (Å²) in [5.41, 5.74) is 0.405.